The maximum absolute atomic E-state index is 13.0. The maximum atomic E-state index is 13.0. The molecule has 21 heavy (non-hydrogen) atoms. The molecule has 1 aromatic heterocycles. The smallest absolute Gasteiger partial charge is 0.243 e. The number of pyridine rings is 1. The second-order valence-corrected chi connectivity index (χ2v) is 7.43. The molecular formula is C15H19N3O2S. The predicted octanol–water partition coefficient (Wildman–Crippen LogP) is 1.74. The third-order valence-corrected chi connectivity index (χ3v) is 6.12. The molecule has 112 valence electrons. The van der Waals surface area contributed by atoms with Crippen LogP contribution < -0.4 is 5.73 Å². The van der Waals surface area contributed by atoms with E-state index in [1.54, 1.807) is 34.8 Å². The van der Waals surface area contributed by atoms with Crippen molar-refractivity contribution in [2.24, 2.45) is 5.73 Å². The zero-order valence-electron chi connectivity index (χ0n) is 11.9. The molecule has 0 saturated carbocycles. The molecule has 2 heterocycles. The van der Waals surface area contributed by atoms with Crippen LogP contribution in [0.4, 0.5) is 0 Å². The van der Waals surface area contributed by atoms with E-state index in [4.69, 9.17) is 5.73 Å². The fourth-order valence-corrected chi connectivity index (χ4v) is 4.83. The van der Waals surface area contributed by atoms with E-state index in [2.05, 4.69) is 4.98 Å². The summed E-state index contributed by atoms with van der Waals surface area (Å²) in [6.07, 6.45) is 3.07. The molecule has 0 unspecified atom stereocenters. The highest BCUT2D eigenvalue weighted by Gasteiger charge is 2.34. The number of hydrogen-bond acceptors (Lipinski definition) is 4. The first-order chi connectivity index (χ1) is 10.00. The summed E-state index contributed by atoms with van der Waals surface area (Å²) in [5.74, 6) is 0. The van der Waals surface area contributed by atoms with Crippen LogP contribution in [0.5, 0.6) is 0 Å². The summed E-state index contributed by atoms with van der Waals surface area (Å²) < 4.78 is 27.5. The van der Waals surface area contributed by atoms with Gasteiger partial charge in [0.15, 0.2) is 0 Å². The molecule has 6 heteroatoms. The van der Waals surface area contributed by atoms with Gasteiger partial charge in [-0.1, -0.05) is 6.07 Å². The molecule has 0 amide bonds. The Morgan fingerprint density at radius 1 is 1.29 bits per heavy atom. The molecule has 5 nitrogen and oxygen atoms in total. The van der Waals surface area contributed by atoms with Crippen molar-refractivity contribution >= 4 is 20.9 Å². The molecule has 2 N–H and O–H groups in total. The molecule has 1 aromatic carbocycles. The van der Waals surface area contributed by atoms with Gasteiger partial charge < -0.3 is 5.73 Å². The zero-order chi connectivity index (χ0) is 15.0. The van der Waals surface area contributed by atoms with E-state index in [0.29, 0.717) is 35.2 Å². The normalized spacial score (nSPS) is 24.3. The zero-order valence-corrected chi connectivity index (χ0v) is 12.8. The van der Waals surface area contributed by atoms with Crippen molar-refractivity contribution in [3.05, 3.63) is 36.5 Å². The molecule has 0 spiro atoms. The Hall–Kier alpha value is -1.50. The van der Waals surface area contributed by atoms with Crippen LogP contribution in [0.1, 0.15) is 19.8 Å². The number of rotatable bonds is 2. The first-order valence-corrected chi connectivity index (χ1v) is 8.55. The van der Waals surface area contributed by atoms with Gasteiger partial charge in [0.05, 0.1) is 10.4 Å². The van der Waals surface area contributed by atoms with E-state index in [-0.39, 0.29) is 12.1 Å². The molecule has 0 aliphatic carbocycles. The summed E-state index contributed by atoms with van der Waals surface area (Å²) in [5.41, 5.74) is 6.62. The second-order valence-electron chi connectivity index (χ2n) is 5.58. The van der Waals surface area contributed by atoms with Crippen LogP contribution in [0, 0.1) is 0 Å². The number of piperidine rings is 1. The standard InChI is InChI=1S/C15H19N3O2S/c1-11-10-12(16)7-9-18(11)21(19,20)15-6-2-5-14-13(15)4-3-8-17-14/h2-6,8,11-12H,7,9-10,16H2,1H3/t11-,12+/m0/s1. The Kier molecular flexibility index (Phi) is 3.69. The minimum Gasteiger partial charge on any atom is -0.328 e. The lowest BCUT2D eigenvalue weighted by Gasteiger charge is -2.35. The Morgan fingerprint density at radius 2 is 2.10 bits per heavy atom. The van der Waals surface area contributed by atoms with Crippen molar-refractivity contribution in [3.63, 3.8) is 0 Å². The molecule has 1 saturated heterocycles. The third kappa shape index (κ3) is 2.54. The summed E-state index contributed by atoms with van der Waals surface area (Å²) in [6.45, 7) is 2.39. The van der Waals surface area contributed by atoms with Gasteiger partial charge in [0.2, 0.25) is 10.0 Å². The van der Waals surface area contributed by atoms with Crippen molar-refractivity contribution in [2.75, 3.05) is 6.54 Å². The molecule has 0 bridgehead atoms. The molecule has 2 aromatic rings. The topological polar surface area (TPSA) is 76.3 Å². The molecule has 1 aliphatic heterocycles. The lowest BCUT2D eigenvalue weighted by atomic mass is 10.0. The minimum atomic E-state index is -3.52. The van der Waals surface area contributed by atoms with E-state index in [9.17, 15) is 8.42 Å². The average molecular weight is 305 g/mol. The molecule has 1 aliphatic rings. The van der Waals surface area contributed by atoms with E-state index in [0.717, 1.165) is 0 Å². The van der Waals surface area contributed by atoms with Crippen molar-refractivity contribution in [3.8, 4) is 0 Å². The van der Waals surface area contributed by atoms with Crippen LogP contribution in [-0.2, 0) is 10.0 Å². The van der Waals surface area contributed by atoms with Gasteiger partial charge in [-0.25, -0.2) is 8.42 Å². The Labute approximate surface area is 124 Å². The Bertz CT molecular complexity index is 755. The predicted molar refractivity (Wildman–Crippen MR) is 82.3 cm³/mol. The van der Waals surface area contributed by atoms with Crippen LogP contribution in [0.15, 0.2) is 41.4 Å². The quantitative estimate of drug-likeness (QED) is 0.917. The van der Waals surface area contributed by atoms with Gasteiger partial charge in [0.25, 0.3) is 0 Å². The number of benzene rings is 1. The second kappa shape index (κ2) is 5.36. The van der Waals surface area contributed by atoms with Crippen LogP contribution in [0.3, 0.4) is 0 Å². The van der Waals surface area contributed by atoms with Crippen LogP contribution in [0.2, 0.25) is 0 Å². The lowest BCUT2D eigenvalue weighted by Crippen LogP contribution is -2.48. The molecule has 1 fully saturated rings. The first kappa shape index (κ1) is 14.4. The monoisotopic (exact) mass is 305 g/mol. The number of fused-ring (bicyclic) bond motifs is 1. The SMILES string of the molecule is C[C@H]1C[C@H](N)CCN1S(=O)(=O)c1cccc2ncccc12. The van der Waals surface area contributed by atoms with E-state index < -0.39 is 10.0 Å². The largest absolute Gasteiger partial charge is 0.328 e. The molecule has 3 rings (SSSR count). The Morgan fingerprint density at radius 3 is 2.86 bits per heavy atom. The van der Waals surface area contributed by atoms with Crippen LogP contribution in [0.25, 0.3) is 10.9 Å². The van der Waals surface area contributed by atoms with E-state index in [1.165, 1.54) is 0 Å². The summed E-state index contributed by atoms with van der Waals surface area (Å²) in [5, 5.41) is 0.669. The lowest BCUT2D eigenvalue weighted by molar-refractivity contribution is 0.247. The highest BCUT2D eigenvalue weighted by molar-refractivity contribution is 7.89. The van der Waals surface area contributed by atoms with Gasteiger partial charge in [-0.3, -0.25) is 4.98 Å². The molecular weight excluding hydrogens is 286 g/mol. The van der Waals surface area contributed by atoms with Crippen molar-refractivity contribution < 1.29 is 8.42 Å². The van der Waals surface area contributed by atoms with Crippen LogP contribution >= 0.6 is 0 Å². The van der Waals surface area contributed by atoms with Crippen molar-refractivity contribution in [2.45, 2.75) is 36.7 Å². The average Bonchev–Trinajstić information content (AvgIpc) is 2.46. The van der Waals surface area contributed by atoms with Crippen molar-refractivity contribution in [1.29, 1.82) is 0 Å². The maximum Gasteiger partial charge on any atom is 0.243 e. The van der Waals surface area contributed by atoms with Gasteiger partial charge in [0.1, 0.15) is 0 Å². The number of nitrogens with two attached hydrogens (primary N) is 1. The summed E-state index contributed by atoms with van der Waals surface area (Å²) in [7, 11) is -3.52. The van der Waals surface area contributed by atoms with Gasteiger partial charge in [-0.15, -0.1) is 0 Å². The fourth-order valence-electron chi connectivity index (χ4n) is 2.97. The summed E-state index contributed by atoms with van der Waals surface area (Å²) in [4.78, 5) is 4.56. The number of sulfonamides is 1. The molecule has 2 atom stereocenters. The third-order valence-electron chi connectivity index (χ3n) is 4.05. The molecule has 0 radical (unpaired) electrons. The highest BCUT2D eigenvalue weighted by atomic mass is 32.2. The van der Waals surface area contributed by atoms with Gasteiger partial charge in [0, 0.05) is 30.2 Å². The van der Waals surface area contributed by atoms with Gasteiger partial charge in [-0.05, 0) is 44.0 Å². The van der Waals surface area contributed by atoms with Crippen molar-refractivity contribution in [1.82, 2.24) is 9.29 Å². The number of aromatic nitrogens is 1. The highest BCUT2D eigenvalue weighted by Crippen LogP contribution is 2.28. The first-order valence-electron chi connectivity index (χ1n) is 7.11. The fraction of sp³-hybridized carbons (Fsp3) is 0.400. The number of hydrogen-bond donors (Lipinski definition) is 1. The van der Waals surface area contributed by atoms with Gasteiger partial charge >= 0.3 is 0 Å². The van der Waals surface area contributed by atoms with E-state index >= 15 is 0 Å². The van der Waals surface area contributed by atoms with E-state index in [1.807, 2.05) is 13.0 Å². The van der Waals surface area contributed by atoms with Crippen LogP contribution in [-0.4, -0.2) is 36.3 Å². The minimum absolute atomic E-state index is 0.0781. The Balaban J connectivity index is 2.09. The summed E-state index contributed by atoms with van der Waals surface area (Å²) >= 11 is 0. The number of nitrogens with zero attached hydrogens (tertiary/aromatic N) is 2. The van der Waals surface area contributed by atoms with Gasteiger partial charge in [-0.2, -0.15) is 4.31 Å². The summed E-state index contributed by atoms with van der Waals surface area (Å²) in [6, 6.07) is 8.78.